The van der Waals surface area contributed by atoms with Gasteiger partial charge in [-0.3, -0.25) is 9.59 Å². The average Bonchev–Trinajstić information content (AvgIpc) is 2.66. The highest BCUT2D eigenvalue weighted by Gasteiger charge is 2.13. The van der Waals surface area contributed by atoms with Crippen LogP contribution in [0.15, 0.2) is 83.6 Å². The van der Waals surface area contributed by atoms with E-state index in [1.165, 1.54) is 0 Å². The lowest BCUT2D eigenvalue weighted by atomic mass is 10.2. The second-order valence-electron chi connectivity index (χ2n) is 5.67. The highest BCUT2D eigenvalue weighted by atomic mass is 16.2. The van der Waals surface area contributed by atoms with Crippen molar-refractivity contribution >= 4 is 23.6 Å². The van der Waals surface area contributed by atoms with E-state index in [2.05, 4.69) is 15.8 Å². The molecule has 2 amide bonds. The molecule has 2 aromatic rings. The van der Waals surface area contributed by atoms with Crippen LogP contribution in [0.3, 0.4) is 0 Å². The molecule has 0 bridgehead atoms. The number of carbonyl (C=O) groups excluding carboxylic acids is 2. The van der Waals surface area contributed by atoms with Crippen LogP contribution in [-0.4, -0.2) is 17.5 Å². The summed E-state index contributed by atoms with van der Waals surface area (Å²) in [4.78, 5) is 24.7. The van der Waals surface area contributed by atoms with Crippen molar-refractivity contribution in [1.29, 1.82) is 0 Å². The molecule has 0 atom stereocenters. The Morgan fingerprint density at radius 3 is 2.15 bits per heavy atom. The Morgan fingerprint density at radius 2 is 1.54 bits per heavy atom. The summed E-state index contributed by atoms with van der Waals surface area (Å²) in [6.45, 7) is 3.53. The molecule has 0 aliphatic rings. The molecule has 26 heavy (non-hydrogen) atoms. The Hall–Kier alpha value is -3.47. The monoisotopic (exact) mass is 347 g/mol. The molecule has 2 rings (SSSR count). The highest BCUT2D eigenvalue weighted by molar-refractivity contribution is 6.03. The van der Waals surface area contributed by atoms with Crippen LogP contribution in [0.25, 0.3) is 6.08 Å². The van der Waals surface area contributed by atoms with E-state index in [9.17, 15) is 9.59 Å². The number of benzene rings is 2. The number of allylic oxidation sites excluding steroid dienone is 2. The Balaban J connectivity index is 2.19. The van der Waals surface area contributed by atoms with Gasteiger partial charge in [0.2, 0.25) is 0 Å². The summed E-state index contributed by atoms with van der Waals surface area (Å²) in [5.74, 6) is -0.856. The third-order valence-electron chi connectivity index (χ3n) is 3.26. The highest BCUT2D eigenvalue weighted by Crippen LogP contribution is 2.04. The summed E-state index contributed by atoms with van der Waals surface area (Å²) in [5, 5.41) is 6.53. The molecule has 0 fully saturated rings. The number of hydrazone groups is 1. The predicted molar refractivity (Wildman–Crippen MR) is 104 cm³/mol. The molecule has 5 nitrogen and oxygen atoms in total. The maximum Gasteiger partial charge on any atom is 0.287 e. The molecule has 0 spiro atoms. The van der Waals surface area contributed by atoms with Crippen LogP contribution in [0, 0.1) is 0 Å². The molecule has 0 heterocycles. The Bertz CT molecular complexity index is 834. The first-order chi connectivity index (χ1) is 12.6. The summed E-state index contributed by atoms with van der Waals surface area (Å²) in [5.41, 5.74) is 4.68. The summed E-state index contributed by atoms with van der Waals surface area (Å²) < 4.78 is 0. The second-order valence-corrected chi connectivity index (χ2v) is 5.67. The number of nitrogens with one attached hydrogen (secondary N) is 2. The molecule has 2 N–H and O–H groups in total. The van der Waals surface area contributed by atoms with Gasteiger partial charge in [0, 0.05) is 11.3 Å². The van der Waals surface area contributed by atoms with Crippen molar-refractivity contribution in [3.8, 4) is 0 Å². The third-order valence-corrected chi connectivity index (χ3v) is 3.26. The van der Waals surface area contributed by atoms with E-state index in [-0.39, 0.29) is 11.6 Å². The molecule has 0 saturated heterocycles. The van der Waals surface area contributed by atoms with Crippen molar-refractivity contribution in [2.24, 2.45) is 5.10 Å². The number of carbonyl (C=O) groups is 2. The molecule has 0 aliphatic heterocycles. The zero-order valence-corrected chi connectivity index (χ0v) is 14.8. The largest absolute Gasteiger partial charge is 0.317 e. The minimum Gasteiger partial charge on any atom is -0.317 e. The fourth-order valence-corrected chi connectivity index (χ4v) is 2.00. The van der Waals surface area contributed by atoms with Crippen molar-refractivity contribution < 1.29 is 9.59 Å². The van der Waals surface area contributed by atoms with Gasteiger partial charge in [-0.1, -0.05) is 60.7 Å². The minimum atomic E-state index is -0.492. The van der Waals surface area contributed by atoms with Crippen LogP contribution in [0.1, 0.15) is 29.8 Å². The number of hydrogen-bond acceptors (Lipinski definition) is 3. The summed E-state index contributed by atoms with van der Waals surface area (Å²) >= 11 is 0. The van der Waals surface area contributed by atoms with Gasteiger partial charge in [-0.15, -0.1) is 0 Å². The molecule has 0 aromatic heterocycles. The molecular weight excluding hydrogens is 326 g/mol. The Morgan fingerprint density at radius 1 is 0.923 bits per heavy atom. The SMILES string of the molecule is CC(C)=NNC(=O)C(=CC=Cc1ccccc1)NC(=O)c1ccccc1. The molecule has 0 aliphatic carbocycles. The van der Waals surface area contributed by atoms with Crippen LogP contribution in [0.4, 0.5) is 0 Å². The Labute approximate surface area is 153 Å². The van der Waals surface area contributed by atoms with Crippen molar-refractivity contribution in [2.45, 2.75) is 13.8 Å². The van der Waals surface area contributed by atoms with Crippen LogP contribution < -0.4 is 10.7 Å². The topological polar surface area (TPSA) is 70.6 Å². The summed E-state index contributed by atoms with van der Waals surface area (Å²) in [7, 11) is 0. The van der Waals surface area contributed by atoms with Crippen molar-refractivity contribution in [3.05, 3.63) is 89.6 Å². The molecule has 132 valence electrons. The standard InChI is InChI=1S/C21H21N3O2/c1-16(2)23-24-21(26)19(15-9-12-17-10-5-3-6-11-17)22-20(25)18-13-7-4-8-14-18/h3-15H,1-2H3,(H,22,25)(H,24,26). The molecule has 0 unspecified atom stereocenters. The number of amides is 2. The number of nitrogens with zero attached hydrogens (tertiary/aromatic N) is 1. The predicted octanol–water partition coefficient (Wildman–Crippen LogP) is 3.53. The van der Waals surface area contributed by atoms with E-state index in [0.29, 0.717) is 11.3 Å². The average molecular weight is 347 g/mol. The van der Waals surface area contributed by atoms with Crippen LogP contribution in [0.5, 0.6) is 0 Å². The first-order valence-electron chi connectivity index (χ1n) is 8.17. The van der Waals surface area contributed by atoms with E-state index in [0.717, 1.165) is 5.56 Å². The number of hydrogen-bond donors (Lipinski definition) is 2. The zero-order chi connectivity index (χ0) is 18.8. The fraction of sp³-hybridized carbons (Fsp3) is 0.0952. The van der Waals surface area contributed by atoms with E-state index < -0.39 is 5.91 Å². The lowest BCUT2D eigenvalue weighted by molar-refractivity contribution is -0.117. The second kappa shape index (κ2) is 9.74. The third kappa shape index (κ3) is 6.20. The van der Waals surface area contributed by atoms with Gasteiger partial charge in [-0.05, 0) is 37.6 Å². The first kappa shape index (κ1) is 18.9. The maximum atomic E-state index is 12.3. The van der Waals surface area contributed by atoms with Gasteiger partial charge >= 0.3 is 0 Å². The van der Waals surface area contributed by atoms with Gasteiger partial charge in [0.15, 0.2) is 0 Å². The van der Waals surface area contributed by atoms with Gasteiger partial charge in [0.1, 0.15) is 5.70 Å². The van der Waals surface area contributed by atoms with E-state index >= 15 is 0 Å². The zero-order valence-electron chi connectivity index (χ0n) is 14.8. The van der Waals surface area contributed by atoms with Crippen molar-refractivity contribution in [3.63, 3.8) is 0 Å². The minimum absolute atomic E-state index is 0.107. The van der Waals surface area contributed by atoms with Gasteiger partial charge in [-0.25, -0.2) is 5.43 Å². The molecule has 5 heteroatoms. The van der Waals surface area contributed by atoms with Gasteiger partial charge in [0.05, 0.1) is 0 Å². The Kier molecular flexibility index (Phi) is 7.06. The van der Waals surface area contributed by atoms with E-state index in [4.69, 9.17) is 0 Å². The number of rotatable bonds is 6. The molecular formula is C21H21N3O2. The molecule has 0 saturated carbocycles. The normalized spacial score (nSPS) is 11.1. The van der Waals surface area contributed by atoms with E-state index in [1.807, 2.05) is 42.5 Å². The van der Waals surface area contributed by atoms with Crippen LogP contribution >= 0.6 is 0 Å². The lowest BCUT2D eigenvalue weighted by Gasteiger charge is -2.08. The fourth-order valence-electron chi connectivity index (χ4n) is 2.00. The van der Waals surface area contributed by atoms with Crippen LogP contribution in [0.2, 0.25) is 0 Å². The first-order valence-corrected chi connectivity index (χ1v) is 8.17. The smallest absolute Gasteiger partial charge is 0.287 e. The van der Waals surface area contributed by atoms with Gasteiger partial charge in [0.25, 0.3) is 11.8 Å². The quantitative estimate of drug-likeness (QED) is 0.363. The van der Waals surface area contributed by atoms with Crippen LogP contribution in [-0.2, 0) is 4.79 Å². The summed E-state index contributed by atoms with van der Waals surface area (Å²) in [6.07, 6.45) is 5.10. The summed E-state index contributed by atoms with van der Waals surface area (Å²) in [6, 6.07) is 18.4. The molecule has 0 radical (unpaired) electrons. The maximum absolute atomic E-state index is 12.3. The van der Waals surface area contributed by atoms with Gasteiger partial charge < -0.3 is 5.32 Å². The van der Waals surface area contributed by atoms with Crippen molar-refractivity contribution in [1.82, 2.24) is 10.7 Å². The van der Waals surface area contributed by atoms with Gasteiger partial charge in [-0.2, -0.15) is 5.10 Å². The van der Waals surface area contributed by atoms with E-state index in [1.54, 1.807) is 50.3 Å². The van der Waals surface area contributed by atoms with Crippen molar-refractivity contribution in [2.75, 3.05) is 0 Å². The lowest BCUT2D eigenvalue weighted by Crippen LogP contribution is -2.33. The molecule has 2 aromatic carbocycles.